The number of para-hydroxylation sites is 1. The van der Waals surface area contributed by atoms with Crippen molar-refractivity contribution in [1.82, 2.24) is 24.7 Å². The molecule has 1 saturated carbocycles. The summed E-state index contributed by atoms with van der Waals surface area (Å²) in [5, 5.41) is 5.26. The largest absolute Gasteiger partial charge is 0.383 e. The first-order chi connectivity index (χ1) is 14.5. The Morgan fingerprint density at radius 3 is 2.73 bits per heavy atom. The number of carbonyl (C=O) groups is 1. The van der Waals surface area contributed by atoms with Crippen molar-refractivity contribution in [2.24, 2.45) is 0 Å². The SMILES string of the molecule is Nc1c(C(=O)c2cc3ccccc3[nH]2)cnn1-c1ccc2[nH]c(C3(F)CC3)nc2c1. The fraction of sp³-hybridized carbons (Fsp3) is 0.136. The minimum Gasteiger partial charge on any atom is -0.383 e. The van der Waals surface area contributed by atoms with E-state index in [0.29, 0.717) is 41.1 Å². The standard InChI is InChI=1S/C22H17FN6O/c23-22(7-8-22)21-27-16-6-5-13(10-17(16)28-21)29-20(24)14(11-25-29)19(30)18-9-12-3-1-2-4-15(12)26-18/h1-6,9-11,26H,7-8,24H2,(H,27,28). The maximum absolute atomic E-state index is 14.3. The Balaban J connectivity index is 1.38. The Labute approximate surface area is 169 Å². The number of fused-ring (bicyclic) bond motifs is 2. The molecule has 0 radical (unpaired) electrons. The number of anilines is 1. The van der Waals surface area contributed by atoms with Gasteiger partial charge in [0.15, 0.2) is 5.67 Å². The van der Waals surface area contributed by atoms with Gasteiger partial charge in [-0.2, -0.15) is 5.10 Å². The molecule has 0 spiro atoms. The molecular weight excluding hydrogens is 383 g/mol. The van der Waals surface area contributed by atoms with Gasteiger partial charge in [0.25, 0.3) is 0 Å². The first-order valence-electron chi connectivity index (χ1n) is 9.67. The number of alkyl halides is 1. The summed E-state index contributed by atoms with van der Waals surface area (Å²) in [5.74, 6) is 0.363. The fourth-order valence-electron chi connectivity index (χ4n) is 3.76. The summed E-state index contributed by atoms with van der Waals surface area (Å²) in [6.07, 6.45) is 2.44. The summed E-state index contributed by atoms with van der Waals surface area (Å²) in [7, 11) is 0. The van der Waals surface area contributed by atoms with Gasteiger partial charge < -0.3 is 15.7 Å². The van der Waals surface area contributed by atoms with E-state index in [1.807, 2.05) is 36.4 Å². The Morgan fingerprint density at radius 2 is 1.93 bits per heavy atom. The van der Waals surface area contributed by atoms with Crippen LogP contribution in [0.25, 0.3) is 27.6 Å². The molecule has 30 heavy (non-hydrogen) atoms. The van der Waals surface area contributed by atoms with E-state index in [0.717, 1.165) is 16.4 Å². The molecular formula is C22H17FN6O. The molecule has 1 fully saturated rings. The zero-order valence-electron chi connectivity index (χ0n) is 15.8. The van der Waals surface area contributed by atoms with Gasteiger partial charge in [0.1, 0.15) is 11.6 Å². The van der Waals surface area contributed by atoms with E-state index in [9.17, 15) is 9.18 Å². The molecule has 4 N–H and O–H groups in total. The number of imidazole rings is 1. The second-order valence-corrected chi connectivity index (χ2v) is 7.71. The summed E-state index contributed by atoms with van der Waals surface area (Å²) in [6, 6.07) is 14.9. The first kappa shape index (κ1) is 17.0. The van der Waals surface area contributed by atoms with Gasteiger partial charge in [0.05, 0.1) is 34.2 Å². The van der Waals surface area contributed by atoms with Crippen molar-refractivity contribution in [1.29, 1.82) is 0 Å². The molecule has 1 aliphatic rings. The second-order valence-electron chi connectivity index (χ2n) is 7.71. The highest BCUT2D eigenvalue weighted by Gasteiger charge is 2.47. The maximum atomic E-state index is 14.3. The molecule has 5 aromatic rings. The predicted molar refractivity (Wildman–Crippen MR) is 111 cm³/mol. The van der Waals surface area contributed by atoms with Crippen molar-refractivity contribution >= 4 is 33.5 Å². The molecule has 8 heteroatoms. The maximum Gasteiger partial charge on any atom is 0.214 e. The highest BCUT2D eigenvalue weighted by Crippen LogP contribution is 2.48. The monoisotopic (exact) mass is 400 g/mol. The van der Waals surface area contributed by atoms with Gasteiger partial charge in [-0.05, 0) is 43.2 Å². The van der Waals surface area contributed by atoms with Crippen molar-refractivity contribution < 1.29 is 9.18 Å². The van der Waals surface area contributed by atoms with E-state index in [1.165, 1.54) is 10.9 Å². The van der Waals surface area contributed by atoms with Gasteiger partial charge in [-0.3, -0.25) is 4.79 Å². The number of aromatic nitrogens is 5. The second kappa shape index (κ2) is 5.79. The van der Waals surface area contributed by atoms with Crippen molar-refractivity contribution in [3.8, 4) is 5.69 Å². The number of rotatable bonds is 4. The number of hydrogen-bond donors (Lipinski definition) is 3. The van der Waals surface area contributed by atoms with Crippen LogP contribution < -0.4 is 5.73 Å². The number of aromatic amines is 2. The molecule has 0 unspecified atom stereocenters. The molecule has 0 bridgehead atoms. The van der Waals surface area contributed by atoms with Crippen LogP contribution in [-0.4, -0.2) is 30.5 Å². The third-order valence-electron chi connectivity index (χ3n) is 5.65. The Hall–Kier alpha value is -3.94. The smallest absolute Gasteiger partial charge is 0.214 e. The van der Waals surface area contributed by atoms with Crippen molar-refractivity contribution in [2.45, 2.75) is 18.5 Å². The number of nitrogens with one attached hydrogen (secondary N) is 2. The number of hydrogen-bond acceptors (Lipinski definition) is 4. The summed E-state index contributed by atoms with van der Waals surface area (Å²) in [5.41, 5.74) is 8.62. The van der Waals surface area contributed by atoms with E-state index in [1.54, 1.807) is 12.1 Å². The van der Waals surface area contributed by atoms with Gasteiger partial charge in [-0.15, -0.1) is 0 Å². The average molecular weight is 400 g/mol. The summed E-state index contributed by atoms with van der Waals surface area (Å²) in [4.78, 5) is 23.6. The molecule has 1 aliphatic carbocycles. The van der Waals surface area contributed by atoms with E-state index in [2.05, 4.69) is 20.1 Å². The molecule has 7 nitrogen and oxygen atoms in total. The lowest BCUT2D eigenvalue weighted by atomic mass is 10.1. The quantitative estimate of drug-likeness (QED) is 0.397. The average Bonchev–Trinajstić information content (AvgIpc) is 3.14. The van der Waals surface area contributed by atoms with E-state index in [4.69, 9.17) is 5.73 Å². The van der Waals surface area contributed by atoms with Gasteiger partial charge in [0, 0.05) is 10.9 Å². The van der Waals surface area contributed by atoms with Crippen LogP contribution in [0, 0.1) is 0 Å². The highest BCUT2D eigenvalue weighted by molar-refractivity contribution is 6.12. The number of nitrogens with zero attached hydrogens (tertiary/aromatic N) is 3. The minimum absolute atomic E-state index is 0.230. The minimum atomic E-state index is -1.33. The van der Waals surface area contributed by atoms with Crippen LogP contribution in [0.15, 0.2) is 54.7 Å². The molecule has 0 atom stereocenters. The summed E-state index contributed by atoms with van der Waals surface area (Å²) >= 11 is 0. The Bertz CT molecular complexity index is 1420. The molecule has 0 amide bonds. The van der Waals surface area contributed by atoms with Crippen LogP contribution in [0.2, 0.25) is 0 Å². The highest BCUT2D eigenvalue weighted by atomic mass is 19.1. The van der Waals surface area contributed by atoms with E-state index < -0.39 is 5.67 Å². The number of benzene rings is 2. The van der Waals surface area contributed by atoms with Crippen LogP contribution in [0.3, 0.4) is 0 Å². The summed E-state index contributed by atoms with van der Waals surface area (Å²) in [6.45, 7) is 0. The number of halogens is 1. The lowest BCUT2D eigenvalue weighted by Crippen LogP contribution is -2.07. The fourth-order valence-corrected chi connectivity index (χ4v) is 3.76. The first-order valence-corrected chi connectivity index (χ1v) is 9.67. The molecule has 148 valence electrons. The van der Waals surface area contributed by atoms with Crippen LogP contribution in [0.4, 0.5) is 10.2 Å². The number of ketones is 1. The van der Waals surface area contributed by atoms with Gasteiger partial charge in [-0.25, -0.2) is 14.1 Å². The lowest BCUT2D eigenvalue weighted by Gasteiger charge is -2.04. The number of nitrogen functional groups attached to an aromatic ring is 1. The lowest BCUT2D eigenvalue weighted by molar-refractivity contribution is 0.103. The normalized spacial score (nSPS) is 15.1. The number of nitrogens with two attached hydrogens (primary N) is 1. The van der Waals surface area contributed by atoms with Gasteiger partial charge in [-0.1, -0.05) is 18.2 Å². The third kappa shape index (κ3) is 2.46. The zero-order chi connectivity index (χ0) is 20.5. The topological polar surface area (TPSA) is 105 Å². The van der Waals surface area contributed by atoms with Gasteiger partial charge >= 0.3 is 0 Å². The zero-order valence-corrected chi connectivity index (χ0v) is 15.8. The van der Waals surface area contributed by atoms with Crippen molar-refractivity contribution in [3.63, 3.8) is 0 Å². The van der Waals surface area contributed by atoms with Crippen LogP contribution in [0.5, 0.6) is 0 Å². The van der Waals surface area contributed by atoms with Crippen LogP contribution >= 0.6 is 0 Å². The predicted octanol–water partition coefficient (Wildman–Crippen LogP) is 4.00. The molecule has 3 aromatic heterocycles. The van der Waals surface area contributed by atoms with Crippen molar-refractivity contribution in [2.75, 3.05) is 5.73 Å². The number of H-pyrrole nitrogens is 2. The number of carbonyl (C=O) groups excluding carboxylic acids is 1. The molecule has 3 heterocycles. The van der Waals surface area contributed by atoms with Crippen LogP contribution in [0.1, 0.15) is 34.7 Å². The van der Waals surface area contributed by atoms with E-state index >= 15 is 0 Å². The molecule has 2 aromatic carbocycles. The molecule has 0 aliphatic heterocycles. The summed E-state index contributed by atoms with van der Waals surface area (Å²) < 4.78 is 15.8. The Kier molecular flexibility index (Phi) is 3.27. The van der Waals surface area contributed by atoms with Crippen molar-refractivity contribution in [3.05, 3.63) is 71.8 Å². The van der Waals surface area contributed by atoms with Crippen LogP contribution in [-0.2, 0) is 5.67 Å². The third-order valence-corrected chi connectivity index (χ3v) is 5.65. The molecule has 6 rings (SSSR count). The Morgan fingerprint density at radius 1 is 1.10 bits per heavy atom. The molecule has 0 saturated heterocycles. The van der Waals surface area contributed by atoms with E-state index in [-0.39, 0.29) is 11.6 Å². The van der Waals surface area contributed by atoms with Gasteiger partial charge in [0.2, 0.25) is 5.78 Å².